The maximum Gasteiger partial charge on any atom is 0.437 e. The summed E-state index contributed by atoms with van der Waals surface area (Å²) in [6.07, 6.45) is -3.95. The lowest BCUT2D eigenvalue weighted by Gasteiger charge is -2.09. The molecule has 2 aromatic rings. The maximum absolute atomic E-state index is 12.6. The summed E-state index contributed by atoms with van der Waals surface area (Å²) in [7, 11) is 1.55. The van der Waals surface area contributed by atoms with Crippen molar-refractivity contribution in [2.75, 3.05) is 7.11 Å². The van der Waals surface area contributed by atoms with E-state index in [1.165, 1.54) is 0 Å². The molecule has 0 radical (unpaired) electrons. The zero-order chi connectivity index (χ0) is 15.5. The van der Waals surface area contributed by atoms with Crippen LogP contribution in [-0.4, -0.2) is 22.2 Å². The summed E-state index contributed by atoms with van der Waals surface area (Å²) in [5, 5.41) is 9.10. The van der Waals surface area contributed by atoms with Gasteiger partial charge in [-0.3, -0.25) is 0 Å². The van der Waals surface area contributed by atoms with Gasteiger partial charge in [-0.25, -0.2) is 9.97 Å². The number of rotatable bonds is 4. The highest BCUT2D eigenvalue weighted by molar-refractivity contribution is 7.98. The predicted molar refractivity (Wildman–Crippen MR) is 71.3 cm³/mol. The Labute approximate surface area is 123 Å². The Balaban J connectivity index is 2.09. The van der Waals surface area contributed by atoms with Gasteiger partial charge in [-0.1, -0.05) is 23.9 Å². The van der Waals surface area contributed by atoms with Crippen LogP contribution in [0.15, 0.2) is 35.6 Å². The second-order valence-electron chi connectivity index (χ2n) is 4.02. The number of nitrogens with zero attached hydrogens (tertiary/aromatic N) is 2. The highest BCUT2D eigenvalue weighted by Crippen LogP contribution is 2.34. The van der Waals surface area contributed by atoms with E-state index in [4.69, 9.17) is 9.84 Å². The lowest BCUT2D eigenvalue weighted by atomic mass is 10.2. The zero-order valence-corrected chi connectivity index (χ0v) is 11.7. The van der Waals surface area contributed by atoms with Crippen LogP contribution < -0.4 is 4.74 Å². The smallest absolute Gasteiger partial charge is 0.437 e. The molecule has 2 rings (SSSR count). The molecule has 0 aliphatic carbocycles. The molecular weight excluding hydrogens is 305 g/mol. The maximum atomic E-state index is 12.6. The summed E-state index contributed by atoms with van der Waals surface area (Å²) in [6, 6.07) is 7.12. The van der Waals surface area contributed by atoms with Crippen LogP contribution in [0.1, 0.15) is 11.3 Å². The van der Waals surface area contributed by atoms with Crippen LogP contribution in [0.4, 0.5) is 13.2 Å². The Morgan fingerprint density at radius 2 is 1.90 bits per heavy atom. The molecule has 8 heteroatoms. The van der Waals surface area contributed by atoms with Crippen molar-refractivity contribution in [1.82, 2.24) is 9.97 Å². The topological polar surface area (TPSA) is 55.2 Å². The summed E-state index contributed by atoms with van der Waals surface area (Å²) < 4.78 is 42.8. The summed E-state index contributed by atoms with van der Waals surface area (Å²) in [5.41, 5.74) is -0.430. The number of hydrogen-bond acceptors (Lipinski definition) is 5. The molecule has 0 saturated carbocycles. The van der Waals surface area contributed by atoms with Gasteiger partial charge >= 0.3 is 6.18 Å². The quantitative estimate of drug-likeness (QED) is 0.691. The molecule has 0 bridgehead atoms. The molecule has 1 N–H and O–H groups in total. The van der Waals surface area contributed by atoms with Crippen LogP contribution in [-0.2, 0) is 11.9 Å². The van der Waals surface area contributed by atoms with Gasteiger partial charge in [0.25, 0.3) is 0 Å². The lowest BCUT2D eigenvalue weighted by Crippen LogP contribution is -2.09. The second-order valence-corrected chi connectivity index (χ2v) is 4.96. The monoisotopic (exact) mass is 316 g/mol. The average molecular weight is 316 g/mol. The second kappa shape index (κ2) is 6.21. The summed E-state index contributed by atoms with van der Waals surface area (Å²) >= 11 is 1.05. The molecule has 0 spiro atoms. The molecule has 112 valence electrons. The number of alkyl halides is 3. The number of aromatic nitrogens is 2. The van der Waals surface area contributed by atoms with Gasteiger partial charge < -0.3 is 9.84 Å². The number of benzene rings is 1. The van der Waals surface area contributed by atoms with E-state index >= 15 is 0 Å². The Bertz CT molecular complexity index is 618. The molecule has 0 atom stereocenters. The molecule has 1 aromatic carbocycles. The van der Waals surface area contributed by atoms with Crippen LogP contribution in [0, 0.1) is 0 Å². The minimum Gasteiger partial charge on any atom is -0.504 e. The number of methoxy groups -OCH3 is 1. The fraction of sp³-hybridized carbons (Fsp3) is 0.231. The van der Waals surface area contributed by atoms with Crippen molar-refractivity contribution in [2.24, 2.45) is 0 Å². The molecule has 0 aliphatic heterocycles. The predicted octanol–water partition coefficient (Wildman–Crippen LogP) is 3.50. The number of ether oxygens (including phenoxy) is 1. The first-order valence-electron chi connectivity index (χ1n) is 5.79. The molecule has 0 amide bonds. The number of thioether (sulfide) groups is 1. The third-order valence-corrected chi connectivity index (χ3v) is 3.48. The van der Waals surface area contributed by atoms with Gasteiger partial charge in [0.2, 0.25) is 0 Å². The van der Waals surface area contributed by atoms with Crippen LogP contribution in [0.25, 0.3) is 0 Å². The van der Waals surface area contributed by atoms with E-state index in [1.54, 1.807) is 31.4 Å². The SMILES string of the molecule is COc1ccc(CSc2ncc(O)c(C(F)(F)F)n2)cc1. The fourth-order valence-corrected chi connectivity index (χ4v) is 2.28. The minimum atomic E-state index is -4.71. The molecular formula is C13H11F3N2O2S. The zero-order valence-electron chi connectivity index (χ0n) is 10.9. The molecule has 21 heavy (non-hydrogen) atoms. The van der Waals surface area contributed by atoms with Crippen molar-refractivity contribution in [2.45, 2.75) is 17.1 Å². The Morgan fingerprint density at radius 1 is 1.24 bits per heavy atom. The van der Waals surface area contributed by atoms with Gasteiger partial charge in [-0.15, -0.1) is 0 Å². The third-order valence-electron chi connectivity index (χ3n) is 2.54. The van der Waals surface area contributed by atoms with Gasteiger partial charge in [0.05, 0.1) is 13.3 Å². The standard InChI is InChI=1S/C13H11F3N2O2S/c1-20-9-4-2-8(3-5-9)7-21-12-17-6-10(19)11(18-12)13(14,15)16/h2-6,19H,7H2,1H3. The summed E-state index contributed by atoms with van der Waals surface area (Å²) in [5.74, 6) is 0.131. The average Bonchev–Trinajstić information content (AvgIpc) is 2.45. The van der Waals surface area contributed by atoms with Gasteiger partial charge in [0.1, 0.15) is 5.75 Å². The van der Waals surface area contributed by atoms with Crippen LogP contribution in [0.2, 0.25) is 0 Å². The first-order chi connectivity index (χ1) is 9.90. The van der Waals surface area contributed by atoms with Crippen molar-refractivity contribution >= 4 is 11.8 Å². The van der Waals surface area contributed by atoms with Gasteiger partial charge in [0.15, 0.2) is 16.6 Å². The molecule has 0 aliphatic rings. The Hall–Kier alpha value is -1.96. The van der Waals surface area contributed by atoms with Gasteiger partial charge in [-0.05, 0) is 17.7 Å². The van der Waals surface area contributed by atoms with Crippen LogP contribution in [0.5, 0.6) is 11.5 Å². The number of hydrogen-bond donors (Lipinski definition) is 1. The van der Waals surface area contributed by atoms with Gasteiger partial charge in [-0.2, -0.15) is 13.2 Å². The lowest BCUT2D eigenvalue weighted by molar-refractivity contribution is -0.142. The van der Waals surface area contributed by atoms with Crippen molar-refractivity contribution in [1.29, 1.82) is 0 Å². The molecule has 1 heterocycles. The minimum absolute atomic E-state index is 0.0454. The third kappa shape index (κ3) is 4.01. The normalized spacial score (nSPS) is 11.4. The Kier molecular flexibility index (Phi) is 4.56. The Morgan fingerprint density at radius 3 is 2.48 bits per heavy atom. The number of halogens is 3. The highest BCUT2D eigenvalue weighted by atomic mass is 32.2. The van der Waals surface area contributed by atoms with Crippen molar-refractivity contribution in [3.8, 4) is 11.5 Å². The van der Waals surface area contributed by atoms with E-state index in [-0.39, 0.29) is 5.16 Å². The van der Waals surface area contributed by atoms with E-state index in [2.05, 4.69) is 9.97 Å². The van der Waals surface area contributed by atoms with E-state index in [0.717, 1.165) is 23.5 Å². The fourth-order valence-electron chi connectivity index (χ4n) is 1.51. The van der Waals surface area contributed by atoms with E-state index < -0.39 is 17.6 Å². The molecule has 0 saturated heterocycles. The molecule has 0 fully saturated rings. The van der Waals surface area contributed by atoms with E-state index in [0.29, 0.717) is 11.5 Å². The largest absolute Gasteiger partial charge is 0.504 e. The first kappa shape index (κ1) is 15.4. The summed E-state index contributed by atoms with van der Waals surface area (Å²) in [4.78, 5) is 7.02. The number of aromatic hydroxyl groups is 1. The van der Waals surface area contributed by atoms with Crippen molar-refractivity contribution in [3.05, 3.63) is 41.7 Å². The van der Waals surface area contributed by atoms with Crippen molar-refractivity contribution < 1.29 is 23.0 Å². The first-order valence-corrected chi connectivity index (χ1v) is 6.77. The molecule has 1 aromatic heterocycles. The van der Waals surface area contributed by atoms with E-state index in [1.807, 2.05) is 0 Å². The molecule has 0 unspecified atom stereocenters. The molecule has 4 nitrogen and oxygen atoms in total. The summed E-state index contributed by atoms with van der Waals surface area (Å²) in [6.45, 7) is 0. The van der Waals surface area contributed by atoms with Gasteiger partial charge in [0, 0.05) is 5.75 Å². The highest BCUT2D eigenvalue weighted by Gasteiger charge is 2.36. The van der Waals surface area contributed by atoms with Crippen molar-refractivity contribution in [3.63, 3.8) is 0 Å². The van der Waals surface area contributed by atoms with Crippen LogP contribution >= 0.6 is 11.8 Å². The van der Waals surface area contributed by atoms with E-state index in [9.17, 15) is 13.2 Å². The van der Waals surface area contributed by atoms with Crippen LogP contribution in [0.3, 0.4) is 0 Å².